The first kappa shape index (κ1) is 13.4. The average Bonchev–Trinajstić information content (AvgIpc) is 2.27. The molecule has 0 saturated heterocycles. The van der Waals surface area contributed by atoms with Crippen LogP contribution in [-0.4, -0.2) is 16.3 Å². The molecule has 0 spiro atoms. The highest BCUT2D eigenvalue weighted by Crippen LogP contribution is 2.25. The lowest BCUT2D eigenvalue weighted by Gasteiger charge is -2.21. The number of hydrogen-bond acceptors (Lipinski definition) is 3. The van der Waals surface area contributed by atoms with Crippen molar-refractivity contribution in [3.05, 3.63) is 23.8 Å². The maximum absolute atomic E-state index is 9.42. The average molecular weight is 233 g/mol. The van der Waals surface area contributed by atoms with Gasteiger partial charge in [-0.25, -0.2) is 0 Å². The minimum Gasteiger partial charge on any atom is -0.508 e. The Labute approximate surface area is 102 Å². The van der Waals surface area contributed by atoms with Gasteiger partial charge in [-0.15, -0.1) is 12.3 Å². The van der Waals surface area contributed by atoms with Gasteiger partial charge in [-0.2, -0.15) is 0 Å². The third-order valence-electron chi connectivity index (χ3n) is 2.77. The van der Waals surface area contributed by atoms with Crippen molar-refractivity contribution in [1.29, 1.82) is 0 Å². The molecule has 92 valence electrons. The Hall–Kier alpha value is -1.66. The van der Waals surface area contributed by atoms with E-state index in [4.69, 9.17) is 6.42 Å². The smallest absolute Gasteiger partial charge is 0.119 e. The summed E-state index contributed by atoms with van der Waals surface area (Å²) in [5, 5.41) is 22.2. The molecule has 17 heavy (non-hydrogen) atoms. The van der Waals surface area contributed by atoms with Gasteiger partial charge in [0.2, 0.25) is 0 Å². The van der Waals surface area contributed by atoms with Crippen molar-refractivity contribution >= 4 is 0 Å². The van der Waals surface area contributed by atoms with Crippen LogP contribution < -0.4 is 5.32 Å². The fourth-order valence-corrected chi connectivity index (χ4v) is 1.78. The maximum Gasteiger partial charge on any atom is 0.119 e. The number of phenolic OH excluding ortho intramolecular Hbond substituents is 2. The monoisotopic (exact) mass is 233 g/mol. The summed E-state index contributed by atoms with van der Waals surface area (Å²) in [5.41, 5.74) is 0.845. The first-order valence-corrected chi connectivity index (χ1v) is 5.79. The molecule has 1 aromatic carbocycles. The Morgan fingerprint density at radius 2 is 1.88 bits per heavy atom. The van der Waals surface area contributed by atoms with Crippen LogP contribution in [0.3, 0.4) is 0 Å². The van der Waals surface area contributed by atoms with Crippen LogP contribution in [0.2, 0.25) is 0 Å². The summed E-state index contributed by atoms with van der Waals surface area (Å²) in [6.45, 7) is 4.05. The minimum absolute atomic E-state index is 0.0336. The molecule has 0 radical (unpaired) electrons. The molecule has 3 heteroatoms. The fourth-order valence-electron chi connectivity index (χ4n) is 1.78. The highest BCUT2D eigenvalue weighted by Gasteiger charge is 2.12. The third-order valence-corrected chi connectivity index (χ3v) is 2.77. The van der Waals surface area contributed by atoms with Crippen LogP contribution in [0.15, 0.2) is 18.2 Å². The molecule has 3 nitrogen and oxygen atoms in total. The lowest BCUT2D eigenvalue weighted by molar-refractivity contribution is 0.431. The first-order chi connectivity index (χ1) is 8.06. The molecule has 0 amide bonds. The van der Waals surface area contributed by atoms with E-state index in [0.29, 0.717) is 6.42 Å². The second-order valence-corrected chi connectivity index (χ2v) is 4.18. The number of rotatable bonds is 5. The molecule has 0 fully saturated rings. The Morgan fingerprint density at radius 3 is 2.35 bits per heavy atom. The van der Waals surface area contributed by atoms with Crippen LogP contribution in [0, 0.1) is 12.3 Å². The second kappa shape index (κ2) is 6.17. The molecule has 1 aromatic rings. The zero-order valence-corrected chi connectivity index (χ0v) is 10.3. The van der Waals surface area contributed by atoms with E-state index >= 15 is 0 Å². The van der Waals surface area contributed by atoms with Gasteiger partial charge in [-0.3, -0.25) is 0 Å². The normalized spacial score (nSPS) is 13.9. The molecular weight excluding hydrogens is 214 g/mol. The standard InChI is InChI=1S/C14H19NO2/c1-4-6-12(5-2)15-10(3)11-7-13(16)9-14(17)8-11/h1,7-10,12,15-17H,5-6H2,2-3H3. The van der Waals surface area contributed by atoms with Crippen molar-refractivity contribution in [2.75, 3.05) is 0 Å². The van der Waals surface area contributed by atoms with E-state index in [9.17, 15) is 10.2 Å². The van der Waals surface area contributed by atoms with E-state index in [1.54, 1.807) is 12.1 Å². The van der Waals surface area contributed by atoms with Gasteiger partial charge in [0.15, 0.2) is 0 Å². The number of terminal acetylenes is 1. The van der Waals surface area contributed by atoms with Crippen LogP contribution in [0.5, 0.6) is 11.5 Å². The summed E-state index contributed by atoms with van der Waals surface area (Å²) in [5.74, 6) is 2.77. The quantitative estimate of drug-likeness (QED) is 0.685. The summed E-state index contributed by atoms with van der Waals surface area (Å²) >= 11 is 0. The number of nitrogens with one attached hydrogen (secondary N) is 1. The highest BCUT2D eigenvalue weighted by atomic mass is 16.3. The van der Waals surface area contributed by atoms with Crippen molar-refractivity contribution in [3.63, 3.8) is 0 Å². The van der Waals surface area contributed by atoms with E-state index < -0.39 is 0 Å². The van der Waals surface area contributed by atoms with Gasteiger partial charge in [-0.1, -0.05) is 6.92 Å². The van der Waals surface area contributed by atoms with Gasteiger partial charge in [0.05, 0.1) is 0 Å². The predicted octanol–water partition coefficient (Wildman–Crippen LogP) is 2.55. The molecule has 0 saturated carbocycles. The molecule has 3 N–H and O–H groups in total. The lowest BCUT2D eigenvalue weighted by Crippen LogP contribution is -2.30. The fraction of sp³-hybridized carbons (Fsp3) is 0.429. The first-order valence-electron chi connectivity index (χ1n) is 5.79. The summed E-state index contributed by atoms with van der Waals surface area (Å²) in [7, 11) is 0. The largest absolute Gasteiger partial charge is 0.508 e. The van der Waals surface area contributed by atoms with Crippen LogP contribution in [0.4, 0.5) is 0 Å². The summed E-state index contributed by atoms with van der Waals surface area (Å²) in [4.78, 5) is 0. The molecule has 0 aliphatic heterocycles. The van der Waals surface area contributed by atoms with E-state index in [1.807, 2.05) is 6.92 Å². The zero-order valence-electron chi connectivity index (χ0n) is 10.3. The van der Waals surface area contributed by atoms with Crippen LogP contribution >= 0.6 is 0 Å². The molecule has 2 atom stereocenters. The molecule has 0 heterocycles. The van der Waals surface area contributed by atoms with Gasteiger partial charge >= 0.3 is 0 Å². The SMILES string of the molecule is C#CCC(CC)NC(C)c1cc(O)cc(O)c1. The van der Waals surface area contributed by atoms with Gasteiger partial charge in [-0.05, 0) is 31.0 Å². The van der Waals surface area contributed by atoms with Gasteiger partial charge in [0.25, 0.3) is 0 Å². The zero-order chi connectivity index (χ0) is 12.8. The molecule has 0 aromatic heterocycles. The van der Waals surface area contributed by atoms with Gasteiger partial charge < -0.3 is 15.5 Å². The minimum atomic E-state index is 0.0336. The van der Waals surface area contributed by atoms with E-state index in [1.165, 1.54) is 6.07 Å². The van der Waals surface area contributed by atoms with Crippen molar-refractivity contribution in [3.8, 4) is 23.8 Å². The van der Waals surface area contributed by atoms with Crippen LogP contribution in [0.25, 0.3) is 0 Å². The topological polar surface area (TPSA) is 52.5 Å². The molecule has 0 aliphatic carbocycles. The Morgan fingerprint density at radius 1 is 1.29 bits per heavy atom. The predicted molar refractivity (Wildman–Crippen MR) is 68.9 cm³/mol. The van der Waals surface area contributed by atoms with E-state index in [2.05, 4.69) is 18.2 Å². The van der Waals surface area contributed by atoms with Gasteiger partial charge in [0, 0.05) is 24.6 Å². The van der Waals surface area contributed by atoms with Crippen LogP contribution in [-0.2, 0) is 0 Å². The molecule has 2 unspecified atom stereocenters. The van der Waals surface area contributed by atoms with E-state index in [-0.39, 0.29) is 23.6 Å². The third kappa shape index (κ3) is 4.01. The number of hydrogen-bond donors (Lipinski definition) is 3. The summed E-state index contributed by atoms with van der Waals surface area (Å²) in [6, 6.07) is 4.88. The molecule has 1 rings (SSSR count). The van der Waals surface area contributed by atoms with Crippen molar-refractivity contribution in [2.45, 2.75) is 38.8 Å². The van der Waals surface area contributed by atoms with Crippen molar-refractivity contribution in [1.82, 2.24) is 5.32 Å². The highest BCUT2D eigenvalue weighted by molar-refractivity contribution is 5.37. The Balaban J connectivity index is 2.75. The number of benzene rings is 1. The molecule has 0 bridgehead atoms. The number of phenols is 2. The Bertz CT molecular complexity index is 389. The second-order valence-electron chi connectivity index (χ2n) is 4.18. The van der Waals surface area contributed by atoms with Gasteiger partial charge in [0.1, 0.15) is 11.5 Å². The van der Waals surface area contributed by atoms with E-state index in [0.717, 1.165) is 12.0 Å². The Kier molecular flexibility index (Phi) is 4.86. The van der Waals surface area contributed by atoms with Crippen molar-refractivity contribution in [2.24, 2.45) is 0 Å². The maximum atomic E-state index is 9.42. The lowest BCUT2D eigenvalue weighted by atomic mass is 10.0. The van der Waals surface area contributed by atoms with Crippen LogP contribution in [0.1, 0.15) is 38.3 Å². The molecular formula is C14H19NO2. The summed E-state index contributed by atoms with van der Waals surface area (Å²) in [6.07, 6.45) is 6.91. The summed E-state index contributed by atoms with van der Waals surface area (Å²) < 4.78 is 0. The number of aromatic hydroxyl groups is 2. The molecule has 0 aliphatic rings. The van der Waals surface area contributed by atoms with Crippen molar-refractivity contribution < 1.29 is 10.2 Å².